The van der Waals surface area contributed by atoms with Gasteiger partial charge < -0.3 is 5.32 Å². The largest absolute Gasteiger partial charge is 0.463 e. The number of nitrogens with one attached hydrogen (secondary N) is 1. The van der Waals surface area contributed by atoms with Gasteiger partial charge in [-0.1, -0.05) is 0 Å². The van der Waals surface area contributed by atoms with Gasteiger partial charge >= 0.3 is 18.0 Å². The Labute approximate surface area is 100 Å². The lowest BCUT2D eigenvalue weighted by Crippen LogP contribution is -2.47. The van der Waals surface area contributed by atoms with Gasteiger partial charge in [-0.2, -0.15) is 22.0 Å². The number of halogens is 6. The number of nitrogens with zero attached hydrogens (tertiary/aromatic N) is 1. The first kappa shape index (κ1) is 13.8. The van der Waals surface area contributed by atoms with Crippen LogP contribution >= 0.6 is 15.9 Å². The van der Waals surface area contributed by atoms with Gasteiger partial charge in [0.1, 0.15) is 4.60 Å². The highest BCUT2D eigenvalue weighted by molar-refractivity contribution is 9.10. The Morgan fingerprint density at radius 2 is 1.88 bits per heavy atom. The highest BCUT2D eigenvalue weighted by Gasteiger charge is 2.63. The van der Waals surface area contributed by atoms with Crippen molar-refractivity contribution in [3.8, 4) is 0 Å². The summed E-state index contributed by atoms with van der Waals surface area (Å²) in [6.45, 7) is 0. The van der Waals surface area contributed by atoms with E-state index in [0.29, 0.717) is 0 Å². The molecule has 9 heteroatoms. The third-order valence-corrected chi connectivity index (χ3v) is 2.28. The molecule has 0 aliphatic heterocycles. The van der Waals surface area contributed by atoms with E-state index < -0.39 is 18.0 Å². The number of hydrogen-bond acceptors (Lipinski definition) is 2. The minimum atomic E-state index is -5.94. The normalized spacial score (nSPS) is 12.4. The number of carbonyl (C=O) groups excluding carboxylic acids is 1. The highest BCUT2D eigenvalue weighted by Crippen LogP contribution is 2.36. The molecule has 0 saturated carbocycles. The van der Waals surface area contributed by atoms with Crippen LogP contribution in [0.3, 0.4) is 0 Å². The van der Waals surface area contributed by atoms with Crippen molar-refractivity contribution in [2.45, 2.75) is 12.1 Å². The van der Waals surface area contributed by atoms with Crippen LogP contribution < -0.4 is 5.32 Å². The molecule has 1 heterocycles. The van der Waals surface area contributed by atoms with Gasteiger partial charge in [-0.25, -0.2) is 4.98 Å². The van der Waals surface area contributed by atoms with Gasteiger partial charge in [0.25, 0.3) is 0 Å². The molecule has 0 atom stereocenters. The van der Waals surface area contributed by atoms with Crippen molar-refractivity contribution in [2.24, 2.45) is 0 Å². The van der Waals surface area contributed by atoms with Crippen LogP contribution in [0.5, 0.6) is 0 Å². The zero-order valence-electron chi connectivity index (χ0n) is 7.86. The molecule has 0 aromatic carbocycles. The van der Waals surface area contributed by atoms with Gasteiger partial charge in [0.2, 0.25) is 0 Å². The van der Waals surface area contributed by atoms with E-state index in [1.54, 1.807) is 0 Å². The fraction of sp³-hybridized carbons (Fsp3) is 0.250. The van der Waals surface area contributed by atoms with E-state index in [4.69, 9.17) is 0 Å². The van der Waals surface area contributed by atoms with Gasteiger partial charge in [0.05, 0.1) is 5.69 Å². The lowest BCUT2D eigenvalue weighted by atomic mass is 10.3. The quantitative estimate of drug-likeness (QED) is 0.673. The van der Waals surface area contributed by atoms with E-state index in [2.05, 4.69) is 20.9 Å². The molecule has 1 aromatic heterocycles. The molecule has 0 saturated heterocycles. The number of amides is 1. The monoisotopic (exact) mass is 318 g/mol. The first-order valence-electron chi connectivity index (χ1n) is 4.03. The second kappa shape index (κ2) is 4.55. The summed E-state index contributed by atoms with van der Waals surface area (Å²) < 4.78 is 60.6. The van der Waals surface area contributed by atoms with E-state index in [1.165, 1.54) is 17.6 Å². The van der Waals surface area contributed by atoms with Crippen molar-refractivity contribution in [2.75, 3.05) is 5.32 Å². The van der Waals surface area contributed by atoms with Gasteiger partial charge in [-0.15, -0.1) is 0 Å². The second-order valence-corrected chi connectivity index (χ2v) is 3.62. The van der Waals surface area contributed by atoms with E-state index in [1.807, 2.05) is 0 Å². The molecule has 94 valence electrons. The van der Waals surface area contributed by atoms with Crippen LogP contribution in [0.2, 0.25) is 0 Å². The van der Waals surface area contributed by atoms with Crippen LogP contribution in [0, 0.1) is 0 Å². The Morgan fingerprint density at radius 1 is 1.29 bits per heavy atom. The predicted octanol–water partition coefficient (Wildman–Crippen LogP) is 2.98. The van der Waals surface area contributed by atoms with Gasteiger partial charge in [-0.05, 0) is 28.1 Å². The number of carbonyl (C=O) groups is 1. The molecular weight excluding hydrogens is 315 g/mol. The third-order valence-electron chi connectivity index (χ3n) is 1.65. The molecule has 0 radical (unpaired) electrons. The summed E-state index contributed by atoms with van der Waals surface area (Å²) in [7, 11) is 0. The standard InChI is InChI=1S/C8H4BrF5N2O/c9-5-4(2-1-3-15-5)16-6(17)7(10,11)8(12,13)14/h1-3H,(H,16,17). The topological polar surface area (TPSA) is 42.0 Å². The maximum atomic E-state index is 12.6. The molecule has 0 fully saturated rings. The smallest absolute Gasteiger partial charge is 0.318 e. The molecular formula is C8H4BrF5N2O. The van der Waals surface area contributed by atoms with Crippen molar-refractivity contribution in [3.63, 3.8) is 0 Å². The summed E-state index contributed by atoms with van der Waals surface area (Å²) in [5.41, 5.74) is -0.276. The summed E-state index contributed by atoms with van der Waals surface area (Å²) in [5, 5.41) is 1.44. The number of anilines is 1. The Balaban J connectivity index is 2.91. The van der Waals surface area contributed by atoms with Crippen molar-refractivity contribution in [1.29, 1.82) is 0 Å². The summed E-state index contributed by atoms with van der Waals surface area (Å²) in [6, 6.07) is 2.40. The molecule has 17 heavy (non-hydrogen) atoms. The average Bonchev–Trinajstić information content (AvgIpc) is 2.19. The molecule has 1 amide bonds. The fourth-order valence-corrected chi connectivity index (χ4v) is 1.16. The van der Waals surface area contributed by atoms with Gasteiger partial charge in [0.15, 0.2) is 0 Å². The summed E-state index contributed by atoms with van der Waals surface area (Å²) >= 11 is 2.79. The van der Waals surface area contributed by atoms with Gasteiger partial charge in [0, 0.05) is 6.20 Å². The molecule has 0 aliphatic rings. The van der Waals surface area contributed by atoms with Gasteiger partial charge in [-0.3, -0.25) is 4.79 Å². The van der Waals surface area contributed by atoms with Crippen molar-refractivity contribution >= 4 is 27.5 Å². The molecule has 0 aliphatic carbocycles. The summed E-state index contributed by atoms with van der Waals surface area (Å²) in [4.78, 5) is 14.4. The first-order valence-corrected chi connectivity index (χ1v) is 4.82. The number of rotatable bonds is 2. The molecule has 1 rings (SSSR count). The molecule has 1 aromatic rings. The maximum Gasteiger partial charge on any atom is 0.463 e. The van der Waals surface area contributed by atoms with Crippen LogP contribution in [0.4, 0.5) is 27.6 Å². The van der Waals surface area contributed by atoms with Crippen molar-refractivity contribution in [3.05, 3.63) is 22.9 Å². The van der Waals surface area contributed by atoms with E-state index in [0.717, 1.165) is 6.07 Å². The second-order valence-electron chi connectivity index (χ2n) is 2.87. The summed E-state index contributed by atoms with van der Waals surface area (Å²) in [6.07, 6.45) is -4.67. The zero-order valence-corrected chi connectivity index (χ0v) is 9.44. The Hall–Kier alpha value is -1.25. The zero-order chi connectivity index (χ0) is 13.3. The Bertz CT molecular complexity index is 434. The van der Waals surface area contributed by atoms with Crippen LogP contribution in [-0.4, -0.2) is 23.0 Å². The van der Waals surface area contributed by atoms with E-state index in [-0.39, 0.29) is 10.3 Å². The fourth-order valence-electron chi connectivity index (χ4n) is 0.809. The van der Waals surface area contributed by atoms with Crippen LogP contribution in [-0.2, 0) is 4.79 Å². The van der Waals surface area contributed by atoms with Crippen LogP contribution in [0.15, 0.2) is 22.9 Å². The van der Waals surface area contributed by atoms with Crippen molar-refractivity contribution < 1.29 is 26.7 Å². The molecule has 1 N–H and O–H groups in total. The van der Waals surface area contributed by atoms with E-state index >= 15 is 0 Å². The first-order chi connectivity index (χ1) is 7.66. The predicted molar refractivity (Wildman–Crippen MR) is 51.6 cm³/mol. The summed E-state index contributed by atoms with van der Waals surface area (Å²) in [5.74, 6) is -7.92. The molecule has 0 bridgehead atoms. The van der Waals surface area contributed by atoms with Crippen LogP contribution in [0.1, 0.15) is 0 Å². The minimum Gasteiger partial charge on any atom is -0.318 e. The lowest BCUT2D eigenvalue weighted by molar-refractivity contribution is -0.267. The highest BCUT2D eigenvalue weighted by atomic mass is 79.9. The Kier molecular flexibility index (Phi) is 3.70. The molecule has 3 nitrogen and oxygen atoms in total. The average molecular weight is 319 g/mol. The third kappa shape index (κ3) is 2.90. The molecule has 0 unspecified atom stereocenters. The Morgan fingerprint density at radius 3 is 2.35 bits per heavy atom. The minimum absolute atomic E-state index is 0.0497. The van der Waals surface area contributed by atoms with E-state index in [9.17, 15) is 26.7 Å². The lowest BCUT2D eigenvalue weighted by Gasteiger charge is -2.18. The molecule has 0 spiro atoms. The maximum absolute atomic E-state index is 12.6. The number of aromatic nitrogens is 1. The van der Waals surface area contributed by atoms with Crippen molar-refractivity contribution in [1.82, 2.24) is 4.98 Å². The number of hydrogen-bond donors (Lipinski definition) is 1. The van der Waals surface area contributed by atoms with Crippen LogP contribution in [0.25, 0.3) is 0 Å². The SMILES string of the molecule is O=C(Nc1cccnc1Br)C(F)(F)C(F)(F)F. The number of alkyl halides is 5. The number of pyridine rings is 1.